The third kappa shape index (κ3) is 8.50. The standard InChI is InChI=1S/C21H30N2O7/c1-5-29-20(27)14(4)11-16(19(25)26)22-18(24)17(13(2)3)23-21(28)30-12-15-9-7-6-8-10-15/h6-10,13-14,16-17H,5,11-12H2,1-4H3,(H,22,24)(H,23,28)(H,25,26)/t14-,16+,17+/m0/s1. The van der Waals surface area contributed by atoms with Crippen molar-refractivity contribution in [3.05, 3.63) is 35.9 Å². The molecule has 3 N–H and O–H groups in total. The summed E-state index contributed by atoms with van der Waals surface area (Å²) in [4.78, 5) is 48.0. The lowest BCUT2D eigenvalue weighted by Crippen LogP contribution is -2.54. The van der Waals surface area contributed by atoms with Crippen molar-refractivity contribution in [3.8, 4) is 0 Å². The van der Waals surface area contributed by atoms with E-state index in [1.807, 2.05) is 18.2 Å². The first kappa shape index (κ1) is 24.9. The predicted molar refractivity (Wildman–Crippen MR) is 108 cm³/mol. The average molecular weight is 422 g/mol. The number of amides is 2. The van der Waals surface area contributed by atoms with Gasteiger partial charge in [-0.3, -0.25) is 9.59 Å². The van der Waals surface area contributed by atoms with Crippen molar-refractivity contribution in [2.45, 2.75) is 52.8 Å². The molecule has 0 aliphatic rings. The first-order chi connectivity index (χ1) is 14.1. The number of rotatable bonds is 11. The van der Waals surface area contributed by atoms with Crippen LogP contribution in [0.15, 0.2) is 30.3 Å². The molecule has 1 aromatic carbocycles. The van der Waals surface area contributed by atoms with Crippen LogP contribution in [0, 0.1) is 11.8 Å². The van der Waals surface area contributed by atoms with Gasteiger partial charge < -0.3 is 25.2 Å². The monoisotopic (exact) mass is 422 g/mol. The number of hydrogen-bond donors (Lipinski definition) is 3. The molecular weight excluding hydrogens is 392 g/mol. The molecule has 0 unspecified atom stereocenters. The fourth-order valence-corrected chi connectivity index (χ4v) is 2.64. The Balaban J connectivity index is 2.70. The molecule has 0 aromatic heterocycles. The average Bonchev–Trinajstić information content (AvgIpc) is 2.70. The smallest absolute Gasteiger partial charge is 0.408 e. The molecule has 3 atom stereocenters. The highest BCUT2D eigenvalue weighted by Gasteiger charge is 2.31. The van der Waals surface area contributed by atoms with E-state index in [1.54, 1.807) is 32.9 Å². The lowest BCUT2D eigenvalue weighted by Gasteiger charge is -2.24. The maximum atomic E-state index is 12.6. The van der Waals surface area contributed by atoms with E-state index < -0.39 is 41.9 Å². The molecule has 30 heavy (non-hydrogen) atoms. The predicted octanol–water partition coefficient (Wildman–Crippen LogP) is 2.10. The number of ether oxygens (including phenoxy) is 2. The summed E-state index contributed by atoms with van der Waals surface area (Å²) in [5.41, 5.74) is 0.789. The van der Waals surface area contributed by atoms with E-state index in [-0.39, 0.29) is 25.6 Å². The zero-order valence-corrected chi connectivity index (χ0v) is 17.7. The quantitative estimate of drug-likeness (QED) is 0.465. The normalized spacial score (nSPS) is 13.6. The molecule has 0 heterocycles. The van der Waals surface area contributed by atoms with Crippen molar-refractivity contribution in [3.63, 3.8) is 0 Å². The van der Waals surface area contributed by atoms with Crippen LogP contribution < -0.4 is 10.6 Å². The minimum absolute atomic E-state index is 0.0356. The van der Waals surface area contributed by atoms with Crippen LogP contribution in [-0.4, -0.2) is 47.7 Å². The summed E-state index contributed by atoms with van der Waals surface area (Å²) >= 11 is 0. The number of nitrogens with one attached hydrogen (secondary N) is 2. The first-order valence-electron chi connectivity index (χ1n) is 9.82. The van der Waals surface area contributed by atoms with E-state index in [2.05, 4.69) is 10.6 Å². The molecule has 0 aliphatic heterocycles. The van der Waals surface area contributed by atoms with E-state index in [1.165, 1.54) is 6.92 Å². The van der Waals surface area contributed by atoms with Crippen molar-refractivity contribution < 1.29 is 33.8 Å². The Bertz CT molecular complexity index is 721. The summed E-state index contributed by atoms with van der Waals surface area (Å²) in [5.74, 6) is -3.54. The highest BCUT2D eigenvalue weighted by atomic mass is 16.5. The van der Waals surface area contributed by atoms with Crippen LogP contribution in [0.5, 0.6) is 0 Å². The molecule has 166 valence electrons. The van der Waals surface area contributed by atoms with Gasteiger partial charge in [-0.05, 0) is 24.8 Å². The second-order valence-corrected chi connectivity index (χ2v) is 7.22. The number of esters is 1. The van der Waals surface area contributed by atoms with Crippen LogP contribution in [-0.2, 0) is 30.5 Å². The number of alkyl carbamates (subject to hydrolysis) is 1. The van der Waals surface area contributed by atoms with Crippen LogP contribution in [0.1, 0.15) is 39.7 Å². The molecule has 2 amide bonds. The fourth-order valence-electron chi connectivity index (χ4n) is 2.64. The van der Waals surface area contributed by atoms with Gasteiger partial charge in [0, 0.05) is 0 Å². The molecule has 0 saturated heterocycles. The zero-order valence-electron chi connectivity index (χ0n) is 17.7. The number of carbonyl (C=O) groups excluding carboxylic acids is 3. The van der Waals surface area contributed by atoms with Gasteiger partial charge in [0.1, 0.15) is 18.7 Å². The van der Waals surface area contributed by atoms with Crippen molar-refractivity contribution in [1.82, 2.24) is 10.6 Å². The van der Waals surface area contributed by atoms with E-state index in [4.69, 9.17) is 9.47 Å². The van der Waals surface area contributed by atoms with Crippen molar-refractivity contribution in [1.29, 1.82) is 0 Å². The second kappa shape index (κ2) is 12.5. The van der Waals surface area contributed by atoms with Gasteiger partial charge in [0.15, 0.2) is 0 Å². The molecule has 0 spiro atoms. The van der Waals surface area contributed by atoms with Gasteiger partial charge in [-0.15, -0.1) is 0 Å². The Morgan fingerprint density at radius 2 is 1.63 bits per heavy atom. The number of carbonyl (C=O) groups is 4. The summed E-state index contributed by atoms with van der Waals surface area (Å²) in [6.07, 6.45) is -0.928. The fraction of sp³-hybridized carbons (Fsp3) is 0.524. The van der Waals surface area contributed by atoms with Crippen molar-refractivity contribution >= 4 is 23.9 Å². The maximum Gasteiger partial charge on any atom is 0.408 e. The van der Waals surface area contributed by atoms with E-state index in [0.29, 0.717) is 0 Å². The third-order valence-corrected chi connectivity index (χ3v) is 4.33. The van der Waals surface area contributed by atoms with E-state index >= 15 is 0 Å². The second-order valence-electron chi connectivity index (χ2n) is 7.22. The highest BCUT2D eigenvalue weighted by Crippen LogP contribution is 2.11. The summed E-state index contributed by atoms with van der Waals surface area (Å²) in [6, 6.07) is 6.73. The Labute approximate surface area is 176 Å². The van der Waals surface area contributed by atoms with Crippen LogP contribution in [0.3, 0.4) is 0 Å². The Morgan fingerprint density at radius 1 is 1.00 bits per heavy atom. The molecule has 1 rings (SSSR count). The van der Waals surface area contributed by atoms with E-state index in [0.717, 1.165) is 5.56 Å². The van der Waals surface area contributed by atoms with Crippen LogP contribution in [0.4, 0.5) is 4.79 Å². The van der Waals surface area contributed by atoms with Crippen LogP contribution in [0.25, 0.3) is 0 Å². The minimum Gasteiger partial charge on any atom is -0.480 e. The first-order valence-corrected chi connectivity index (χ1v) is 9.82. The summed E-state index contributed by atoms with van der Waals surface area (Å²) < 4.78 is 10.00. The summed E-state index contributed by atoms with van der Waals surface area (Å²) in [5, 5.41) is 14.3. The molecule has 0 saturated carbocycles. The Hall–Kier alpha value is -3.10. The lowest BCUT2D eigenvalue weighted by molar-refractivity contribution is -0.149. The highest BCUT2D eigenvalue weighted by molar-refractivity contribution is 5.89. The van der Waals surface area contributed by atoms with Crippen LogP contribution >= 0.6 is 0 Å². The van der Waals surface area contributed by atoms with Gasteiger partial charge in [-0.2, -0.15) is 0 Å². The summed E-state index contributed by atoms with van der Waals surface area (Å²) in [7, 11) is 0. The third-order valence-electron chi connectivity index (χ3n) is 4.33. The molecule has 0 fully saturated rings. The molecule has 1 aromatic rings. The molecule has 0 radical (unpaired) electrons. The van der Waals surface area contributed by atoms with Gasteiger partial charge in [0.05, 0.1) is 12.5 Å². The van der Waals surface area contributed by atoms with Gasteiger partial charge >= 0.3 is 18.0 Å². The molecule has 0 bridgehead atoms. The number of aliphatic carboxylic acids is 1. The van der Waals surface area contributed by atoms with Gasteiger partial charge in [-0.25, -0.2) is 9.59 Å². The zero-order chi connectivity index (χ0) is 22.7. The lowest BCUT2D eigenvalue weighted by atomic mass is 9.99. The van der Waals surface area contributed by atoms with Crippen molar-refractivity contribution in [2.24, 2.45) is 11.8 Å². The Kier molecular flexibility index (Phi) is 10.4. The summed E-state index contributed by atoms with van der Waals surface area (Å²) in [6.45, 7) is 6.80. The number of hydrogen-bond acceptors (Lipinski definition) is 6. The molecule has 0 aliphatic carbocycles. The number of benzene rings is 1. The SMILES string of the molecule is CCOC(=O)[C@@H](C)C[C@@H](NC(=O)[C@H](NC(=O)OCc1ccccc1)C(C)C)C(=O)O. The largest absolute Gasteiger partial charge is 0.480 e. The van der Waals surface area contributed by atoms with Gasteiger partial charge in [0.2, 0.25) is 5.91 Å². The van der Waals surface area contributed by atoms with Crippen molar-refractivity contribution in [2.75, 3.05) is 6.61 Å². The molecule has 9 heteroatoms. The van der Waals surface area contributed by atoms with Gasteiger partial charge in [0.25, 0.3) is 0 Å². The molecule has 9 nitrogen and oxygen atoms in total. The number of carboxylic acid groups (broad SMARTS) is 1. The Morgan fingerprint density at radius 3 is 2.17 bits per heavy atom. The maximum absolute atomic E-state index is 12.6. The van der Waals surface area contributed by atoms with Crippen LogP contribution in [0.2, 0.25) is 0 Å². The van der Waals surface area contributed by atoms with E-state index in [9.17, 15) is 24.3 Å². The van der Waals surface area contributed by atoms with Gasteiger partial charge in [-0.1, -0.05) is 51.1 Å². The minimum atomic E-state index is -1.31. The topological polar surface area (TPSA) is 131 Å². The number of carboxylic acids is 1. The molecular formula is C21H30N2O7.